The fraction of sp³-hybridized carbons (Fsp3) is 0.538. The molecule has 4 nitrogen and oxygen atoms in total. The number of hydrogen-bond acceptors (Lipinski definition) is 4. The fourth-order valence-electron chi connectivity index (χ4n) is 3.03. The highest BCUT2D eigenvalue weighted by Crippen LogP contribution is 2.39. The number of aliphatic hydroxyl groups excluding tert-OH is 2. The Morgan fingerprint density at radius 3 is 2.94 bits per heavy atom. The van der Waals surface area contributed by atoms with Crippen LogP contribution in [0.4, 0.5) is 0 Å². The van der Waals surface area contributed by atoms with Crippen LogP contribution in [0.3, 0.4) is 0 Å². The summed E-state index contributed by atoms with van der Waals surface area (Å²) in [5, 5.41) is 20.1. The smallest absolute Gasteiger partial charge is 0.127 e. The van der Waals surface area contributed by atoms with Crippen molar-refractivity contribution in [2.75, 3.05) is 20.2 Å². The predicted molar refractivity (Wildman–Crippen MR) is 63.4 cm³/mol. The third-order valence-corrected chi connectivity index (χ3v) is 3.89. The van der Waals surface area contributed by atoms with Crippen molar-refractivity contribution in [2.24, 2.45) is 0 Å². The SMILES string of the molecule is COC1=CC=C2C(O)CCN3CCC(O)=C1C23. The molecule has 3 aliphatic rings. The van der Waals surface area contributed by atoms with E-state index in [9.17, 15) is 10.2 Å². The van der Waals surface area contributed by atoms with Crippen molar-refractivity contribution in [3.8, 4) is 0 Å². The van der Waals surface area contributed by atoms with E-state index in [-0.39, 0.29) is 6.04 Å². The van der Waals surface area contributed by atoms with Gasteiger partial charge in [0.15, 0.2) is 0 Å². The summed E-state index contributed by atoms with van der Waals surface area (Å²) >= 11 is 0. The first-order valence-electron chi connectivity index (χ1n) is 6.02. The Morgan fingerprint density at radius 1 is 1.35 bits per heavy atom. The third kappa shape index (κ3) is 1.51. The summed E-state index contributed by atoms with van der Waals surface area (Å²) in [7, 11) is 1.61. The Kier molecular flexibility index (Phi) is 2.49. The number of rotatable bonds is 1. The Morgan fingerprint density at radius 2 is 2.18 bits per heavy atom. The molecule has 1 fully saturated rings. The number of hydrogen-bond donors (Lipinski definition) is 2. The normalized spacial score (nSPS) is 32.8. The van der Waals surface area contributed by atoms with E-state index in [1.807, 2.05) is 12.2 Å². The van der Waals surface area contributed by atoms with Gasteiger partial charge >= 0.3 is 0 Å². The van der Waals surface area contributed by atoms with Crippen LogP contribution in [-0.4, -0.2) is 47.5 Å². The number of piperidine rings is 1. The zero-order valence-electron chi connectivity index (χ0n) is 9.89. The molecule has 3 rings (SSSR count). The van der Waals surface area contributed by atoms with Crippen LogP contribution in [0.15, 0.2) is 34.8 Å². The minimum absolute atomic E-state index is 0.00690. The van der Waals surface area contributed by atoms with Gasteiger partial charge in [0.2, 0.25) is 0 Å². The quantitative estimate of drug-likeness (QED) is 0.715. The van der Waals surface area contributed by atoms with Crippen LogP contribution in [-0.2, 0) is 4.74 Å². The van der Waals surface area contributed by atoms with Crippen LogP contribution >= 0.6 is 0 Å². The van der Waals surface area contributed by atoms with Gasteiger partial charge in [0, 0.05) is 19.5 Å². The Labute approximate surface area is 100 Å². The summed E-state index contributed by atoms with van der Waals surface area (Å²) in [4.78, 5) is 2.31. The average Bonchev–Trinajstić information content (AvgIpc) is 2.36. The largest absolute Gasteiger partial charge is 0.512 e. The molecule has 0 amide bonds. The fourth-order valence-corrected chi connectivity index (χ4v) is 3.03. The van der Waals surface area contributed by atoms with Crippen LogP contribution in [0.1, 0.15) is 12.8 Å². The van der Waals surface area contributed by atoms with Gasteiger partial charge in [-0.2, -0.15) is 0 Å². The van der Waals surface area contributed by atoms with E-state index in [1.54, 1.807) is 7.11 Å². The molecule has 1 saturated heterocycles. The highest BCUT2D eigenvalue weighted by molar-refractivity contribution is 5.49. The van der Waals surface area contributed by atoms with Gasteiger partial charge in [0.25, 0.3) is 0 Å². The first-order valence-corrected chi connectivity index (χ1v) is 6.02. The van der Waals surface area contributed by atoms with Gasteiger partial charge in [0.1, 0.15) is 11.5 Å². The van der Waals surface area contributed by atoms with E-state index >= 15 is 0 Å². The minimum atomic E-state index is -0.396. The molecular weight excluding hydrogens is 218 g/mol. The zero-order chi connectivity index (χ0) is 12.0. The molecule has 17 heavy (non-hydrogen) atoms. The number of aliphatic hydroxyl groups is 2. The van der Waals surface area contributed by atoms with Crippen molar-refractivity contribution >= 4 is 0 Å². The van der Waals surface area contributed by atoms with Crippen LogP contribution < -0.4 is 0 Å². The third-order valence-electron chi connectivity index (χ3n) is 3.89. The van der Waals surface area contributed by atoms with Gasteiger partial charge in [0.05, 0.1) is 24.8 Å². The zero-order valence-corrected chi connectivity index (χ0v) is 9.89. The van der Waals surface area contributed by atoms with Crippen molar-refractivity contribution in [2.45, 2.75) is 25.0 Å². The van der Waals surface area contributed by atoms with Gasteiger partial charge in [-0.05, 0) is 18.1 Å². The molecule has 0 spiro atoms. The maximum absolute atomic E-state index is 10.1. The molecule has 2 heterocycles. The number of ether oxygens (including phenoxy) is 1. The molecule has 0 saturated carbocycles. The van der Waals surface area contributed by atoms with Crippen LogP contribution in [0, 0.1) is 0 Å². The summed E-state index contributed by atoms with van der Waals surface area (Å²) in [6, 6.07) is 0.00690. The average molecular weight is 235 g/mol. The molecule has 4 heteroatoms. The molecule has 2 atom stereocenters. The Hall–Kier alpha value is -1.26. The summed E-state index contributed by atoms with van der Waals surface area (Å²) in [5.74, 6) is 1.12. The van der Waals surface area contributed by atoms with Gasteiger partial charge in [-0.15, -0.1) is 0 Å². The van der Waals surface area contributed by atoms with Crippen molar-refractivity contribution in [1.82, 2.24) is 4.90 Å². The van der Waals surface area contributed by atoms with Gasteiger partial charge < -0.3 is 14.9 Å². The summed E-state index contributed by atoms with van der Waals surface area (Å²) in [5.41, 5.74) is 1.83. The Bertz CT molecular complexity index is 436. The van der Waals surface area contributed by atoms with Crippen LogP contribution in [0.2, 0.25) is 0 Å². The lowest BCUT2D eigenvalue weighted by Crippen LogP contribution is -2.51. The second-order valence-electron chi connectivity index (χ2n) is 4.76. The lowest BCUT2D eigenvalue weighted by atomic mass is 9.80. The van der Waals surface area contributed by atoms with E-state index in [4.69, 9.17) is 4.74 Å². The molecule has 0 aromatic heterocycles. The van der Waals surface area contributed by atoms with E-state index in [0.717, 1.165) is 36.4 Å². The summed E-state index contributed by atoms with van der Waals surface area (Å²) < 4.78 is 5.32. The molecule has 2 N–H and O–H groups in total. The van der Waals surface area contributed by atoms with E-state index in [2.05, 4.69) is 4.90 Å². The van der Waals surface area contributed by atoms with E-state index in [0.29, 0.717) is 12.2 Å². The molecule has 1 aliphatic carbocycles. The topological polar surface area (TPSA) is 52.9 Å². The molecule has 2 unspecified atom stereocenters. The highest BCUT2D eigenvalue weighted by Gasteiger charge is 2.41. The molecule has 92 valence electrons. The molecule has 0 aromatic rings. The second-order valence-corrected chi connectivity index (χ2v) is 4.76. The lowest BCUT2D eigenvalue weighted by molar-refractivity contribution is 0.0903. The Balaban J connectivity index is 2.12. The maximum Gasteiger partial charge on any atom is 0.127 e. The first kappa shape index (κ1) is 10.9. The minimum Gasteiger partial charge on any atom is -0.512 e. The standard InChI is InChI=1S/C13H17NO3/c1-17-11-3-2-8-9(15)4-6-14-7-5-10(16)12(11)13(8)14/h2-3,9,13,15-16H,4-7H2,1H3. The van der Waals surface area contributed by atoms with Gasteiger partial charge in [-0.25, -0.2) is 0 Å². The van der Waals surface area contributed by atoms with E-state index in [1.165, 1.54) is 0 Å². The van der Waals surface area contributed by atoms with Crippen molar-refractivity contribution < 1.29 is 14.9 Å². The predicted octanol–water partition coefficient (Wildman–Crippen LogP) is 1.11. The molecule has 2 aliphatic heterocycles. The molecule has 0 aromatic carbocycles. The first-order chi connectivity index (χ1) is 8.22. The number of nitrogens with zero attached hydrogens (tertiary/aromatic N) is 1. The number of allylic oxidation sites excluding steroid dienone is 2. The molecule has 0 radical (unpaired) electrons. The monoisotopic (exact) mass is 235 g/mol. The van der Waals surface area contributed by atoms with E-state index < -0.39 is 6.10 Å². The number of methoxy groups -OCH3 is 1. The van der Waals surface area contributed by atoms with Gasteiger partial charge in [-0.3, -0.25) is 4.90 Å². The maximum atomic E-state index is 10.1. The van der Waals surface area contributed by atoms with Crippen LogP contribution in [0.25, 0.3) is 0 Å². The summed E-state index contributed by atoms with van der Waals surface area (Å²) in [6.07, 6.45) is 4.81. The van der Waals surface area contributed by atoms with Gasteiger partial charge in [-0.1, -0.05) is 6.08 Å². The van der Waals surface area contributed by atoms with Crippen molar-refractivity contribution in [3.05, 3.63) is 34.8 Å². The van der Waals surface area contributed by atoms with Crippen molar-refractivity contribution in [3.63, 3.8) is 0 Å². The second kappa shape index (κ2) is 3.89. The summed E-state index contributed by atoms with van der Waals surface area (Å²) in [6.45, 7) is 1.72. The lowest BCUT2D eigenvalue weighted by Gasteiger charge is -2.45. The molecular formula is C13H17NO3. The highest BCUT2D eigenvalue weighted by atomic mass is 16.5. The van der Waals surface area contributed by atoms with Crippen molar-refractivity contribution in [1.29, 1.82) is 0 Å². The molecule has 0 bridgehead atoms. The van der Waals surface area contributed by atoms with Crippen LogP contribution in [0.5, 0.6) is 0 Å².